The number of carboxylic acid groups (broad SMARTS) is 1. The molecule has 0 aliphatic carbocycles. The van der Waals surface area contributed by atoms with Crippen LogP contribution in [0.15, 0.2) is 0 Å². The van der Waals surface area contributed by atoms with Crippen molar-refractivity contribution in [3.05, 3.63) is 0 Å². The summed E-state index contributed by atoms with van der Waals surface area (Å²) < 4.78 is 0.204. The quantitative estimate of drug-likeness (QED) is 0.833. The number of aliphatic carboxylic acids is 1. The number of hydrogen-bond acceptors (Lipinski definition) is 3. The van der Waals surface area contributed by atoms with Crippen LogP contribution in [-0.2, 0) is 4.79 Å². The van der Waals surface area contributed by atoms with Gasteiger partial charge >= 0.3 is 12.0 Å². The summed E-state index contributed by atoms with van der Waals surface area (Å²) in [6.45, 7) is 9.17. The van der Waals surface area contributed by atoms with Crippen molar-refractivity contribution in [3.8, 4) is 0 Å². The van der Waals surface area contributed by atoms with Gasteiger partial charge in [-0.3, -0.25) is 4.79 Å². The molecule has 0 unspecified atom stereocenters. The number of carbonyl (C=O) groups excluding carboxylic acids is 1. The Balaban J connectivity index is 2.48. The highest BCUT2D eigenvalue weighted by Crippen LogP contribution is 2.30. The van der Waals surface area contributed by atoms with Crippen LogP contribution in [0.2, 0.25) is 0 Å². The lowest BCUT2D eigenvalue weighted by molar-refractivity contribution is -0.146. The maximum absolute atomic E-state index is 12.0. The first-order valence-corrected chi connectivity index (χ1v) is 7.53. The van der Waals surface area contributed by atoms with Gasteiger partial charge in [0.25, 0.3) is 0 Å². The lowest BCUT2D eigenvalue weighted by Gasteiger charge is -2.25. The fourth-order valence-electron chi connectivity index (χ4n) is 1.71. The summed E-state index contributed by atoms with van der Waals surface area (Å²) in [5.74, 6) is 0.0169. The zero-order valence-corrected chi connectivity index (χ0v) is 13.0. The van der Waals surface area contributed by atoms with Crippen LogP contribution in [0.4, 0.5) is 4.79 Å². The first-order valence-electron chi connectivity index (χ1n) is 6.54. The van der Waals surface area contributed by atoms with Crippen LogP contribution in [0.3, 0.4) is 0 Å². The summed E-state index contributed by atoms with van der Waals surface area (Å²) >= 11 is 1.88. The van der Waals surface area contributed by atoms with Crippen LogP contribution in [-0.4, -0.2) is 52.1 Å². The molecule has 1 aliphatic rings. The summed E-state index contributed by atoms with van der Waals surface area (Å²) in [5, 5.41) is 11.7. The molecule has 2 N–H and O–H groups in total. The minimum atomic E-state index is -0.935. The molecule has 0 radical (unpaired) electrons. The maximum Gasteiger partial charge on any atom is 0.317 e. The van der Waals surface area contributed by atoms with Gasteiger partial charge in [-0.25, -0.2) is 4.79 Å². The van der Waals surface area contributed by atoms with E-state index in [9.17, 15) is 9.59 Å². The fraction of sp³-hybridized carbons (Fsp3) is 0.846. The Labute approximate surface area is 119 Å². The molecule has 1 fully saturated rings. The maximum atomic E-state index is 12.0. The van der Waals surface area contributed by atoms with Crippen LogP contribution in [0.25, 0.3) is 0 Å². The van der Waals surface area contributed by atoms with Crippen LogP contribution in [0, 0.1) is 5.41 Å². The average molecular weight is 288 g/mol. The molecule has 6 heteroatoms. The van der Waals surface area contributed by atoms with E-state index in [4.69, 9.17) is 5.11 Å². The summed E-state index contributed by atoms with van der Waals surface area (Å²) in [6.07, 6.45) is 0.952. The van der Waals surface area contributed by atoms with Gasteiger partial charge in [0.1, 0.15) is 0 Å². The largest absolute Gasteiger partial charge is 0.481 e. The molecule has 0 saturated carbocycles. The topological polar surface area (TPSA) is 69.6 Å². The molecule has 5 nitrogen and oxygen atoms in total. The van der Waals surface area contributed by atoms with Gasteiger partial charge in [-0.2, -0.15) is 11.8 Å². The minimum absolute atomic E-state index is 0.147. The summed E-state index contributed by atoms with van der Waals surface area (Å²) in [4.78, 5) is 24.8. The van der Waals surface area contributed by atoms with Crippen molar-refractivity contribution >= 4 is 23.8 Å². The predicted octanol–water partition coefficient (Wildman–Crippen LogP) is 2.02. The molecule has 0 aromatic carbocycles. The molecule has 0 atom stereocenters. The molecule has 2 amide bonds. The molecule has 0 aromatic heterocycles. The number of hydrogen-bond donors (Lipinski definition) is 2. The Morgan fingerprint density at radius 2 is 2.00 bits per heavy atom. The van der Waals surface area contributed by atoms with Crippen LogP contribution < -0.4 is 5.32 Å². The van der Waals surface area contributed by atoms with Crippen LogP contribution >= 0.6 is 11.8 Å². The van der Waals surface area contributed by atoms with E-state index in [0.29, 0.717) is 6.54 Å². The number of urea groups is 1. The second-order valence-corrected chi connectivity index (χ2v) is 8.00. The van der Waals surface area contributed by atoms with E-state index in [1.807, 2.05) is 11.8 Å². The number of nitrogens with zero attached hydrogens (tertiary/aromatic N) is 1. The number of amides is 2. The Morgan fingerprint density at radius 3 is 2.58 bits per heavy atom. The van der Waals surface area contributed by atoms with Crippen molar-refractivity contribution in [2.75, 3.05) is 25.4 Å². The standard InChI is InChI=1S/C13H24N2O3S/c1-12(2,10(16)17)9-14-11(18)15-6-5-13(3,4)19-8-7-15/h5-9H2,1-4H3,(H,14,18)(H,16,17). The zero-order valence-electron chi connectivity index (χ0n) is 12.2. The molecule has 19 heavy (non-hydrogen) atoms. The highest BCUT2D eigenvalue weighted by Gasteiger charge is 2.30. The van der Waals surface area contributed by atoms with E-state index in [0.717, 1.165) is 18.7 Å². The van der Waals surface area contributed by atoms with Gasteiger partial charge in [-0.15, -0.1) is 0 Å². The second-order valence-electron chi connectivity index (χ2n) is 6.19. The third-order valence-electron chi connectivity index (χ3n) is 3.39. The van der Waals surface area contributed by atoms with Gasteiger partial charge < -0.3 is 15.3 Å². The first-order chi connectivity index (χ1) is 8.64. The minimum Gasteiger partial charge on any atom is -0.481 e. The van der Waals surface area contributed by atoms with Gasteiger partial charge in [0.05, 0.1) is 5.41 Å². The molecule has 1 aliphatic heterocycles. The summed E-state index contributed by atoms with van der Waals surface area (Å²) in [5.41, 5.74) is -0.935. The van der Waals surface area contributed by atoms with E-state index in [2.05, 4.69) is 19.2 Å². The predicted molar refractivity (Wildman–Crippen MR) is 77.5 cm³/mol. The smallest absolute Gasteiger partial charge is 0.317 e. The molecular formula is C13H24N2O3S. The molecule has 1 rings (SSSR count). The number of carboxylic acids is 1. The highest BCUT2D eigenvalue weighted by atomic mass is 32.2. The number of thioether (sulfide) groups is 1. The van der Waals surface area contributed by atoms with E-state index in [1.54, 1.807) is 18.7 Å². The number of carbonyl (C=O) groups is 2. The van der Waals surface area contributed by atoms with Gasteiger partial charge in [0.15, 0.2) is 0 Å². The van der Waals surface area contributed by atoms with Gasteiger partial charge in [-0.05, 0) is 20.3 Å². The fourth-order valence-corrected chi connectivity index (χ4v) is 2.81. The van der Waals surface area contributed by atoms with Gasteiger partial charge in [0.2, 0.25) is 0 Å². The van der Waals surface area contributed by atoms with Gasteiger partial charge in [-0.1, -0.05) is 13.8 Å². The van der Waals surface area contributed by atoms with E-state index < -0.39 is 11.4 Å². The SMILES string of the molecule is CC1(C)CCN(C(=O)NCC(C)(C)C(=O)O)CCS1. The Bertz CT molecular complexity index is 356. The third kappa shape index (κ3) is 4.93. The first kappa shape index (κ1) is 16.1. The Hall–Kier alpha value is -0.910. The second kappa shape index (κ2) is 6.03. The van der Waals surface area contributed by atoms with Crippen molar-refractivity contribution in [1.29, 1.82) is 0 Å². The lowest BCUT2D eigenvalue weighted by atomic mass is 9.94. The number of nitrogens with one attached hydrogen (secondary N) is 1. The molecule has 0 aromatic rings. The van der Waals surface area contributed by atoms with Crippen molar-refractivity contribution in [3.63, 3.8) is 0 Å². The van der Waals surface area contributed by atoms with Crippen LogP contribution in [0.1, 0.15) is 34.1 Å². The Kier molecular flexibility index (Phi) is 5.12. The zero-order chi connectivity index (χ0) is 14.7. The average Bonchev–Trinajstić information content (AvgIpc) is 2.47. The normalized spacial score (nSPS) is 19.7. The summed E-state index contributed by atoms with van der Waals surface area (Å²) in [6, 6.07) is -0.160. The number of rotatable bonds is 3. The van der Waals surface area contributed by atoms with E-state index >= 15 is 0 Å². The summed E-state index contributed by atoms with van der Waals surface area (Å²) in [7, 11) is 0. The molecule has 1 heterocycles. The molecule has 0 spiro atoms. The van der Waals surface area contributed by atoms with Crippen molar-refractivity contribution in [1.82, 2.24) is 10.2 Å². The third-order valence-corrected chi connectivity index (χ3v) is 4.76. The molecule has 1 saturated heterocycles. The van der Waals surface area contributed by atoms with Crippen molar-refractivity contribution in [2.24, 2.45) is 5.41 Å². The highest BCUT2D eigenvalue weighted by molar-refractivity contribution is 8.00. The molecule has 110 valence electrons. The van der Waals surface area contributed by atoms with Crippen molar-refractivity contribution < 1.29 is 14.7 Å². The van der Waals surface area contributed by atoms with E-state index in [1.165, 1.54) is 0 Å². The Morgan fingerprint density at radius 1 is 1.37 bits per heavy atom. The molecular weight excluding hydrogens is 264 g/mol. The van der Waals surface area contributed by atoms with Crippen LogP contribution in [0.5, 0.6) is 0 Å². The van der Waals surface area contributed by atoms with Gasteiger partial charge in [0, 0.05) is 30.1 Å². The van der Waals surface area contributed by atoms with Crippen molar-refractivity contribution in [2.45, 2.75) is 38.9 Å². The lowest BCUT2D eigenvalue weighted by Crippen LogP contribution is -2.46. The molecule has 0 bridgehead atoms. The monoisotopic (exact) mass is 288 g/mol. The van der Waals surface area contributed by atoms with E-state index in [-0.39, 0.29) is 17.3 Å².